The fourth-order valence-corrected chi connectivity index (χ4v) is 3.72. The van der Waals surface area contributed by atoms with E-state index in [1.54, 1.807) is 6.07 Å². The van der Waals surface area contributed by atoms with Gasteiger partial charge in [-0.2, -0.15) is 0 Å². The van der Waals surface area contributed by atoms with Gasteiger partial charge in [-0.1, -0.05) is 17.7 Å². The Hall–Kier alpha value is -0.720. The summed E-state index contributed by atoms with van der Waals surface area (Å²) < 4.78 is 13.5. The Balaban J connectivity index is 1.54. The monoisotopic (exact) mass is 341 g/mol. The van der Waals surface area contributed by atoms with Gasteiger partial charge in [-0.05, 0) is 31.2 Å². The Kier molecular flexibility index (Phi) is 5.54. The Bertz CT molecular complexity index is 537. The summed E-state index contributed by atoms with van der Waals surface area (Å²) in [6.45, 7) is 6.41. The molecule has 2 saturated heterocycles. The molecule has 3 rings (SSSR count). The third-order valence-corrected chi connectivity index (χ3v) is 5.33. The largest absolute Gasteiger partial charge is 0.390 e. The average molecular weight is 342 g/mol. The molecule has 0 aromatic heterocycles. The fourth-order valence-electron chi connectivity index (χ4n) is 3.60. The zero-order valence-electron chi connectivity index (χ0n) is 13.6. The maximum atomic E-state index is 13.5. The number of hydrogen-bond donors (Lipinski definition) is 1. The molecule has 6 heteroatoms. The van der Waals surface area contributed by atoms with Crippen LogP contribution in [0.3, 0.4) is 0 Å². The minimum absolute atomic E-state index is 0.155. The highest BCUT2D eigenvalue weighted by molar-refractivity contribution is 6.30. The number of β-amino-alcohol motifs (C(OH)–C–C–N with tert-alkyl or cyclic N) is 1. The van der Waals surface area contributed by atoms with E-state index in [0.717, 1.165) is 44.7 Å². The minimum atomic E-state index is -0.378. The summed E-state index contributed by atoms with van der Waals surface area (Å²) in [6, 6.07) is 5.19. The van der Waals surface area contributed by atoms with E-state index in [4.69, 9.17) is 11.6 Å². The van der Waals surface area contributed by atoms with Crippen molar-refractivity contribution < 1.29 is 9.50 Å². The van der Waals surface area contributed by atoms with Crippen LogP contribution in [-0.4, -0.2) is 78.3 Å². The fraction of sp³-hybridized carbons (Fsp3) is 0.647. The number of rotatable bonds is 3. The van der Waals surface area contributed by atoms with Gasteiger partial charge in [0.05, 0.1) is 11.1 Å². The molecule has 23 heavy (non-hydrogen) atoms. The first kappa shape index (κ1) is 17.1. The summed E-state index contributed by atoms with van der Waals surface area (Å²) in [4.78, 5) is 6.94. The summed E-state index contributed by atoms with van der Waals surface area (Å²) >= 11 is 5.72. The highest BCUT2D eigenvalue weighted by Gasteiger charge is 2.33. The van der Waals surface area contributed by atoms with Crippen LogP contribution >= 0.6 is 11.6 Å². The predicted octanol–water partition coefficient (Wildman–Crippen LogP) is 1.66. The molecule has 1 aromatic rings. The molecule has 0 saturated carbocycles. The number of benzene rings is 1. The topological polar surface area (TPSA) is 30.0 Å². The Morgan fingerprint density at radius 1 is 1.22 bits per heavy atom. The van der Waals surface area contributed by atoms with Crippen LogP contribution in [0.5, 0.6) is 0 Å². The lowest BCUT2D eigenvalue weighted by Gasteiger charge is -2.44. The quantitative estimate of drug-likeness (QED) is 0.905. The average Bonchev–Trinajstić information content (AvgIpc) is 2.52. The molecule has 0 radical (unpaired) electrons. The van der Waals surface area contributed by atoms with Crippen molar-refractivity contribution in [2.75, 3.05) is 46.3 Å². The van der Waals surface area contributed by atoms with Crippen LogP contribution in [-0.2, 0) is 6.54 Å². The van der Waals surface area contributed by atoms with Crippen molar-refractivity contribution in [1.82, 2.24) is 14.7 Å². The van der Waals surface area contributed by atoms with Crippen LogP contribution in [0.2, 0.25) is 5.02 Å². The molecular weight excluding hydrogens is 317 g/mol. The Morgan fingerprint density at radius 2 is 1.96 bits per heavy atom. The Morgan fingerprint density at radius 3 is 2.61 bits per heavy atom. The number of piperidine rings is 1. The van der Waals surface area contributed by atoms with Crippen molar-refractivity contribution in [3.8, 4) is 0 Å². The highest BCUT2D eigenvalue weighted by atomic mass is 35.5. The van der Waals surface area contributed by atoms with E-state index in [1.807, 2.05) is 6.07 Å². The number of likely N-dealkylation sites (tertiary alicyclic amines) is 1. The molecule has 1 aromatic carbocycles. The molecule has 2 aliphatic rings. The van der Waals surface area contributed by atoms with E-state index in [0.29, 0.717) is 13.1 Å². The lowest BCUT2D eigenvalue weighted by Crippen LogP contribution is -2.58. The third kappa shape index (κ3) is 4.22. The normalized spacial score (nSPS) is 28.2. The zero-order chi connectivity index (χ0) is 16.4. The van der Waals surface area contributed by atoms with Crippen molar-refractivity contribution in [3.05, 3.63) is 34.6 Å². The van der Waals surface area contributed by atoms with E-state index < -0.39 is 0 Å². The highest BCUT2D eigenvalue weighted by Crippen LogP contribution is 2.22. The molecular formula is C17H25ClFN3O. The minimum Gasteiger partial charge on any atom is -0.390 e. The maximum absolute atomic E-state index is 13.5. The molecule has 0 spiro atoms. The molecule has 1 N–H and O–H groups in total. The summed E-state index contributed by atoms with van der Waals surface area (Å²) in [5.41, 5.74) is 0.900. The number of nitrogens with zero attached hydrogens (tertiary/aromatic N) is 3. The van der Waals surface area contributed by atoms with Crippen LogP contribution in [0, 0.1) is 5.82 Å². The first-order chi connectivity index (χ1) is 11.0. The van der Waals surface area contributed by atoms with Gasteiger partial charge < -0.3 is 10.0 Å². The van der Waals surface area contributed by atoms with Gasteiger partial charge in [0.15, 0.2) is 0 Å². The number of likely N-dealkylation sites (N-methyl/N-ethyl adjacent to an activating group) is 1. The van der Waals surface area contributed by atoms with Crippen LogP contribution in [0.4, 0.5) is 4.39 Å². The van der Waals surface area contributed by atoms with Gasteiger partial charge in [0.25, 0.3) is 0 Å². The molecule has 2 fully saturated rings. The SMILES string of the molecule is CN1CCN([C@@H]2CCN(Cc3ccc(Cl)c(F)c3)C[C@H]2O)CC1. The molecule has 0 unspecified atom stereocenters. The summed E-state index contributed by atoms with van der Waals surface area (Å²) in [5, 5.41) is 10.7. The molecule has 4 nitrogen and oxygen atoms in total. The van der Waals surface area contributed by atoms with Gasteiger partial charge in [0.2, 0.25) is 0 Å². The maximum Gasteiger partial charge on any atom is 0.142 e. The molecule has 2 heterocycles. The van der Waals surface area contributed by atoms with E-state index in [-0.39, 0.29) is 23.0 Å². The van der Waals surface area contributed by atoms with E-state index in [9.17, 15) is 9.50 Å². The lowest BCUT2D eigenvalue weighted by atomic mass is 9.98. The van der Waals surface area contributed by atoms with Crippen LogP contribution < -0.4 is 0 Å². The van der Waals surface area contributed by atoms with Crippen LogP contribution in [0.25, 0.3) is 0 Å². The van der Waals surface area contributed by atoms with Crippen molar-refractivity contribution in [2.24, 2.45) is 0 Å². The first-order valence-electron chi connectivity index (χ1n) is 8.30. The van der Waals surface area contributed by atoms with Crippen molar-refractivity contribution >= 4 is 11.6 Å². The lowest BCUT2D eigenvalue weighted by molar-refractivity contribution is -0.0286. The first-order valence-corrected chi connectivity index (χ1v) is 8.67. The Labute approximate surface area is 142 Å². The second-order valence-corrected chi connectivity index (χ2v) is 7.15. The summed E-state index contributed by atoms with van der Waals surface area (Å²) in [5.74, 6) is -0.378. The van der Waals surface area contributed by atoms with Crippen LogP contribution in [0.1, 0.15) is 12.0 Å². The standard InChI is InChI=1S/C17H25ClFN3O/c1-20-6-8-22(9-7-20)16-4-5-21(12-17(16)23)11-13-2-3-14(18)15(19)10-13/h2-3,10,16-17,23H,4-9,11-12H2,1H3/t16-,17-/m1/s1. The molecule has 2 atom stereocenters. The van der Waals surface area contributed by atoms with Crippen molar-refractivity contribution in [1.29, 1.82) is 0 Å². The molecule has 2 aliphatic heterocycles. The van der Waals surface area contributed by atoms with Crippen molar-refractivity contribution in [3.63, 3.8) is 0 Å². The van der Waals surface area contributed by atoms with Crippen LogP contribution in [0.15, 0.2) is 18.2 Å². The molecule has 0 aliphatic carbocycles. The summed E-state index contributed by atoms with van der Waals surface area (Å²) in [7, 11) is 2.14. The third-order valence-electron chi connectivity index (χ3n) is 5.03. The molecule has 128 valence electrons. The molecule has 0 bridgehead atoms. The predicted molar refractivity (Wildman–Crippen MR) is 90.2 cm³/mol. The second-order valence-electron chi connectivity index (χ2n) is 6.75. The number of halogens is 2. The number of piperazine rings is 1. The second kappa shape index (κ2) is 7.45. The van der Waals surface area contributed by atoms with Gasteiger partial charge in [-0.25, -0.2) is 4.39 Å². The zero-order valence-corrected chi connectivity index (χ0v) is 14.3. The summed E-state index contributed by atoms with van der Waals surface area (Å²) in [6.07, 6.45) is 0.616. The van der Waals surface area contributed by atoms with Gasteiger partial charge >= 0.3 is 0 Å². The van der Waals surface area contributed by atoms with Crippen molar-refractivity contribution in [2.45, 2.75) is 25.1 Å². The number of hydrogen-bond acceptors (Lipinski definition) is 4. The molecule has 0 amide bonds. The van der Waals surface area contributed by atoms with E-state index in [2.05, 4.69) is 21.7 Å². The number of aliphatic hydroxyl groups excluding tert-OH is 1. The van der Waals surface area contributed by atoms with Gasteiger partial charge in [-0.3, -0.25) is 9.80 Å². The van der Waals surface area contributed by atoms with E-state index >= 15 is 0 Å². The van der Waals surface area contributed by atoms with Gasteiger partial charge in [-0.15, -0.1) is 0 Å². The van der Waals surface area contributed by atoms with Gasteiger partial charge in [0, 0.05) is 51.9 Å². The number of aliphatic hydroxyl groups is 1. The smallest absolute Gasteiger partial charge is 0.142 e. The van der Waals surface area contributed by atoms with Gasteiger partial charge in [0.1, 0.15) is 5.82 Å². The van der Waals surface area contributed by atoms with E-state index in [1.165, 1.54) is 6.07 Å².